The van der Waals surface area contributed by atoms with E-state index >= 15 is 0 Å². The molecule has 11 heteroatoms. The standard InChI is InChI=1S/C16H16N4O5S2/c1-4-27(22,23)16-19-15(26-20-16)18-14(21)11(9-17)7-10-5-6-12(24-2)13(8-10)25-3/h5-8H,4H2,1-3H3,(H,18,19,20,21)/b11-7-. The second-order valence-corrected chi connectivity index (χ2v) is 7.95. The van der Waals surface area contributed by atoms with E-state index in [-0.39, 0.29) is 21.6 Å². The number of aromatic nitrogens is 2. The maximum Gasteiger partial charge on any atom is 0.268 e. The molecule has 1 aromatic carbocycles. The molecule has 0 aliphatic carbocycles. The van der Waals surface area contributed by atoms with E-state index in [0.717, 1.165) is 11.5 Å². The summed E-state index contributed by atoms with van der Waals surface area (Å²) < 4.78 is 37.5. The number of nitrogens with one attached hydrogen (secondary N) is 1. The van der Waals surface area contributed by atoms with E-state index in [1.807, 2.05) is 0 Å². The fraction of sp³-hybridized carbons (Fsp3) is 0.250. The topological polar surface area (TPSA) is 131 Å². The number of benzene rings is 1. The van der Waals surface area contributed by atoms with Gasteiger partial charge in [-0.15, -0.1) is 0 Å². The van der Waals surface area contributed by atoms with Crippen LogP contribution < -0.4 is 14.8 Å². The SMILES string of the molecule is CCS(=O)(=O)c1nsc(NC(=O)/C(C#N)=C\c2ccc(OC)c(OC)c2)n1. The van der Waals surface area contributed by atoms with Gasteiger partial charge >= 0.3 is 0 Å². The average Bonchev–Trinajstić information content (AvgIpc) is 3.15. The van der Waals surface area contributed by atoms with Crippen LogP contribution >= 0.6 is 11.5 Å². The zero-order valence-corrected chi connectivity index (χ0v) is 16.3. The van der Waals surface area contributed by atoms with Crippen molar-refractivity contribution in [1.82, 2.24) is 9.36 Å². The van der Waals surface area contributed by atoms with Crippen LogP contribution in [0, 0.1) is 11.3 Å². The second-order valence-electron chi connectivity index (χ2n) is 5.02. The molecule has 0 bridgehead atoms. The minimum atomic E-state index is -3.57. The van der Waals surface area contributed by atoms with Gasteiger partial charge in [0.2, 0.25) is 15.0 Å². The Hall–Kier alpha value is -2.97. The first-order valence-corrected chi connectivity index (χ1v) is 9.98. The third-order valence-corrected chi connectivity index (χ3v) is 5.61. The summed E-state index contributed by atoms with van der Waals surface area (Å²) >= 11 is 0.720. The molecular weight excluding hydrogens is 392 g/mol. The van der Waals surface area contributed by atoms with Crippen molar-refractivity contribution in [3.8, 4) is 17.6 Å². The largest absolute Gasteiger partial charge is 0.493 e. The number of nitrogens with zero attached hydrogens (tertiary/aromatic N) is 3. The highest BCUT2D eigenvalue weighted by Gasteiger charge is 2.20. The molecule has 1 N–H and O–H groups in total. The van der Waals surface area contributed by atoms with Crippen molar-refractivity contribution in [1.29, 1.82) is 5.26 Å². The Kier molecular flexibility index (Phi) is 6.49. The number of carbonyl (C=O) groups is 1. The summed E-state index contributed by atoms with van der Waals surface area (Å²) in [6.07, 6.45) is 1.36. The zero-order valence-electron chi connectivity index (χ0n) is 14.7. The van der Waals surface area contributed by atoms with Crippen molar-refractivity contribution >= 4 is 38.5 Å². The molecule has 0 unspecified atom stereocenters. The molecule has 2 rings (SSSR count). The van der Waals surface area contributed by atoms with Crippen molar-refractivity contribution in [3.63, 3.8) is 0 Å². The van der Waals surface area contributed by atoms with Crippen molar-refractivity contribution in [2.75, 3.05) is 25.3 Å². The quantitative estimate of drug-likeness (QED) is 0.543. The van der Waals surface area contributed by atoms with E-state index in [9.17, 15) is 18.5 Å². The molecule has 0 spiro atoms. The Labute approximate surface area is 160 Å². The lowest BCUT2D eigenvalue weighted by molar-refractivity contribution is -0.112. The molecule has 0 aliphatic heterocycles. The number of sulfone groups is 1. The van der Waals surface area contributed by atoms with Gasteiger partial charge in [-0.2, -0.15) is 14.6 Å². The monoisotopic (exact) mass is 408 g/mol. The van der Waals surface area contributed by atoms with Crippen molar-refractivity contribution in [2.24, 2.45) is 0 Å². The number of hydrogen-bond acceptors (Lipinski definition) is 9. The molecule has 27 heavy (non-hydrogen) atoms. The smallest absolute Gasteiger partial charge is 0.268 e. The van der Waals surface area contributed by atoms with Crippen LogP contribution in [0.5, 0.6) is 11.5 Å². The van der Waals surface area contributed by atoms with Gasteiger partial charge in [0.15, 0.2) is 11.5 Å². The first-order valence-electron chi connectivity index (χ1n) is 7.56. The first-order chi connectivity index (χ1) is 12.8. The van der Waals surface area contributed by atoms with E-state index in [2.05, 4.69) is 14.7 Å². The molecule has 0 atom stereocenters. The normalized spacial score (nSPS) is 11.6. The van der Waals surface area contributed by atoms with Crippen LogP contribution in [0.3, 0.4) is 0 Å². The molecule has 0 radical (unpaired) electrons. The predicted octanol–water partition coefficient (Wildman–Crippen LogP) is 1.89. The average molecular weight is 408 g/mol. The summed E-state index contributed by atoms with van der Waals surface area (Å²) in [4.78, 5) is 16.1. The van der Waals surface area contributed by atoms with Gasteiger partial charge in [0, 0.05) is 11.5 Å². The van der Waals surface area contributed by atoms with Gasteiger partial charge in [0.1, 0.15) is 11.6 Å². The number of ether oxygens (including phenoxy) is 2. The number of anilines is 1. The molecule has 1 amide bonds. The fourth-order valence-electron chi connectivity index (χ4n) is 1.94. The summed E-state index contributed by atoms with van der Waals surface area (Å²) in [5.41, 5.74) is 0.350. The number of nitriles is 1. The maximum atomic E-state index is 12.3. The van der Waals surface area contributed by atoms with Crippen LogP contribution in [0.15, 0.2) is 28.9 Å². The fourth-order valence-corrected chi connectivity index (χ4v) is 3.52. The number of amides is 1. The number of hydrogen-bond donors (Lipinski definition) is 1. The highest BCUT2D eigenvalue weighted by molar-refractivity contribution is 7.91. The van der Waals surface area contributed by atoms with Crippen LogP contribution in [-0.2, 0) is 14.6 Å². The van der Waals surface area contributed by atoms with Crippen LogP contribution in [0.25, 0.3) is 6.08 Å². The van der Waals surface area contributed by atoms with Crippen molar-refractivity contribution < 1.29 is 22.7 Å². The number of methoxy groups -OCH3 is 2. The summed E-state index contributed by atoms with van der Waals surface area (Å²) in [6, 6.07) is 6.71. The van der Waals surface area contributed by atoms with Gasteiger partial charge in [0.05, 0.1) is 20.0 Å². The van der Waals surface area contributed by atoms with Gasteiger partial charge in [-0.05, 0) is 23.8 Å². The molecule has 0 saturated carbocycles. The maximum absolute atomic E-state index is 12.3. The Bertz CT molecular complexity index is 1020. The van der Waals surface area contributed by atoms with Gasteiger partial charge in [-0.25, -0.2) is 8.42 Å². The minimum absolute atomic E-state index is 0.0134. The molecule has 9 nitrogen and oxygen atoms in total. The highest BCUT2D eigenvalue weighted by atomic mass is 32.2. The highest BCUT2D eigenvalue weighted by Crippen LogP contribution is 2.28. The lowest BCUT2D eigenvalue weighted by atomic mass is 10.1. The van der Waals surface area contributed by atoms with Gasteiger partial charge in [-0.3, -0.25) is 10.1 Å². The summed E-state index contributed by atoms with van der Waals surface area (Å²) in [5, 5.41) is 11.3. The van der Waals surface area contributed by atoms with Crippen LogP contribution in [0.4, 0.5) is 5.13 Å². The van der Waals surface area contributed by atoms with Crippen LogP contribution in [0.2, 0.25) is 0 Å². The van der Waals surface area contributed by atoms with E-state index in [1.165, 1.54) is 27.2 Å². The van der Waals surface area contributed by atoms with Gasteiger partial charge in [0.25, 0.3) is 11.1 Å². The molecule has 142 valence electrons. The van der Waals surface area contributed by atoms with Gasteiger partial charge in [-0.1, -0.05) is 13.0 Å². The molecule has 0 aliphatic rings. The van der Waals surface area contributed by atoms with Crippen LogP contribution in [-0.4, -0.2) is 43.7 Å². The van der Waals surface area contributed by atoms with E-state index in [4.69, 9.17) is 9.47 Å². The minimum Gasteiger partial charge on any atom is -0.493 e. The Morgan fingerprint density at radius 3 is 2.63 bits per heavy atom. The van der Waals surface area contributed by atoms with Crippen LogP contribution in [0.1, 0.15) is 12.5 Å². The Balaban J connectivity index is 2.24. The summed E-state index contributed by atoms with van der Waals surface area (Å²) in [5.74, 6) is 0.0715. The van der Waals surface area contributed by atoms with Crippen molar-refractivity contribution in [2.45, 2.75) is 12.1 Å². The van der Waals surface area contributed by atoms with Gasteiger partial charge < -0.3 is 9.47 Å². The molecule has 2 aromatic rings. The lowest BCUT2D eigenvalue weighted by Crippen LogP contribution is -2.13. The third kappa shape index (κ3) is 4.81. The first kappa shape index (κ1) is 20.3. The number of carbonyl (C=O) groups excluding carboxylic acids is 1. The molecule has 0 fully saturated rings. The molecule has 0 saturated heterocycles. The predicted molar refractivity (Wildman–Crippen MR) is 99.4 cm³/mol. The van der Waals surface area contributed by atoms with E-state index < -0.39 is 15.7 Å². The zero-order chi connectivity index (χ0) is 20.0. The number of rotatable bonds is 7. The summed E-state index contributed by atoms with van der Waals surface area (Å²) in [6.45, 7) is 1.47. The molecule has 1 aromatic heterocycles. The van der Waals surface area contributed by atoms with E-state index in [0.29, 0.717) is 17.1 Å². The Morgan fingerprint density at radius 1 is 1.33 bits per heavy atom. The lowest BCUT2D eigenvalue weighted by Gasteiger charge is -2.08. The van der Waals surface area contributed by atoms with E-state index in [1.54, 1.807) is 24.3 Å². The third-order valence-electron chi connectivity index (χ3n) is 3.37. The molecular formula is C16H16N4O5S2. The van der Waals surface area contributed by atoms with Crippen molar-refractivity contribution in [3.05, 3.63) is 29.3 Å². The second kappa shape index (κ2) is 8.61. The molecule has 1 heterocycles. The Morgan fingerprint density at radius 2 is 2.04 bits per heavy atom. The summed E-state index contributed by atoms with van der Waals surface area (Å²) in [7, 11) is -0.601.